The van der Waals surface area contributed by atoms with Crippen LogP contribution in [0.15, 0.2) is 53.4 Å². The number of nitrogens with one attached hydrogen (secondary N) is 1. The van der Waals surface area contributed by atoms with E-state index < -0.39 is 0 Å². The van der Waals surface area contributed by atoms with E-state index >= 15 is 0 Å². The molecule has 2 aromatic rings. The van der Waals surface area contributed by atoms with E-state index in [1.165, 1.54) is 0 Å². The molecule has 1 unspecified atom stereocenters. The molecule has 0 radical (unpaired) electrons. The number of ether oxygens (including phenoxy) is 1. The molecular weight excluding hydrogens is 398 g/mol. The summed E-state index contributed by atoms with van der Waals surface area (Å²) in [6, 6.07) is 15.8. The van der Waals surface area contributed by atoms with E-state index in [9.17, 15) is 9.59 Å². The molecule has 0 bridgehead atoms. The standard InChI is InChI=1S/C23H27N3O3S/c1-30-21-7-5-20(6-8-21)26-16-18(14-22(26)27)23(28)24-19-4-2-3-17(13-19)15-25-9-11-29-12-10-25/h2-8,13,18H,9-12,14-16H2,1H3,(H,24,28). The molecule has 2 heterocycles. The zero-order valence-electron chi connectivity index (χ0n) is 17.2. The minimum absolute atomic E-state index is 0.00637. The second kappa shape index (κ2) is 9.64. The molecule has 6 nitrogen and oxygen atoms in total. The van der Waals surface area contributed by atoms with E-state index in [1.54, 1.807) is 16.7 Å². The third-order valence-electron chi connectivity index (χ3n) is 5.58. The van der Waals surface area contributed by atoms with Crippen LogP contribution in [0.4, 0.5) is 11.4 Å². The van der Waals surface area contributed by atoms with Gasteiger partial charge in [0.1, 0.15) is 0 Å². The summed E-state index contributed by atoms with van der Waals surface area (Å²) in [4.78, 5) is 30.5. The highest BCUT2D eigenvalue weighted by Crippen LogP contribution is 2.28. The summed E-state index contributed by atoms with van der Waals surface area (Å²) >= 11 is 1.66. The van der Waals surface area contributed by atoms with Crippen molar-refractivity contribution in [1.29, 1.82) is 0 Å². The maximum atomic E-state index is 12.8. The van der Waals surface area contributed by atoms with Gasteiger partial charge in [-0.25, -0.2) is 0 Å². The molecule has 1 N–H and O–H groups in total. The molecule has 0 aromatic heterocycles. The summed E-state index contributed by atoms with van der Waals surface area (Å²) in [7, 11) is 0. The second-order valence-electron chi connectivity index (χ2n) is 7.68. The number of rotatable bonds is 6. The van der Waals surface area contributed by atoms with Crippen molar-refractivity contribution in [2.75, 3.05) is 49.3 Å². The Balaban J connectivity index is 1.36. The van der Waals surface area contributed by atoms with Crippen molar-refractivity contribution in [3.05, 3.63) is 54.1 Å². The molecular formula is C23H27N3O3S. The topological polar surface area (TPSA) is 61.9 Å². The van der Waals surface area contributed by atoms with Gasteiger partial charge in [0, 0.05) is 48.9 Å². The summed E-state index contributed by atoms with van der Waals surface area (Å²) in [5.41, 5.74) is 2.79. The molecule has 0 aliphatic carbocycles. The van der Waals surface area contributed by atoms with Gasteiger partial charge in [0.15, 0.2) is 0 Å². The van der Waals surface area contributed by atoms with E-state index in [0.717, 1.165) is 54.7 Å². The van der Waals surface area contributed by atoms with Gasteiger partial charge in [0.25, 0.3) is 0 Å². The first kappa shape index (κ1) is 20.9. The predicted octanol–water partition coefficient (Wildman–Crippen LogP) is 3.23. The van der Waals surface area contributed by atoms with Crippen molar-refractivity contribution in [1.82, 2.24) is 4.90 Å². The summed E-state index contributed by atoms with van der Waals surface area (Å²) in [5.74, 6) is -0.455. The van der Waals surface area contributed by atoms with Gasteiger partial charge in [-0.2, -0.15) is 0 Å². The number of anilines is 2. The van der Waals surface area contributed by atoms with Crippen LogP contribution in [0.3, 0.4) is 0 Å². The average Bonchev–Trinajstić information content (AvgIpc) is 3.16. The molecule has 0 spiro atoms. The molecule has 2 aliphatic heterocycles. The third-order valence-corrected chi connectivity index (χ3v) is 6.33. The molecule has 0 saturated carbocycles. The monoisotopic (exact) mass is 425 g/mol. The Morgan fingerprint density at radius 2 is 1.93 bits per heavy atom. The summed E-state index contributed by atoms with van der Waals surface area (Å²) < 4.78 is 5.40. The van der Waals surface area contributed by atoms with Crippen LogP contribution in [-0.4, -0.2) is 55.8 Å². The van der Waals surface area contributed by atoms with E-state index in [4.69, 9.17) is 4.74 Å². The van der Waals surface area contributed by atoms with Gasteiger partial charge in [-0.05, 0) is 48.2 Å². The molecule has 2 saturated heterocycles. The largest absolute Gasteiger partial charge is 0.379 e. The zero-order valence-corrected chi connectivity index (χ0v) is 18.0. The van der Waals surface area contributed by atoms with Gasteiger partial charge >= 0.3 is 0 Å². The lowest BCUT2D eigenvalue weighted by molar-refractivity contribution is -0.122. The van der Waals surface area contributed by atoms with Crippen molar-refractivity contribution < 1.29 is 14.3 Å². The molecule has 4 rings (SSSR count). The van der Waals surface area contributed by atoms with Crippen LogP contribution in [0, 0.1) is 5.92 Å². The Morgan fingerprint density at radius 3 is 2.67 bits per heavy atom. The minimum atomic E-state index is -0.347. The summed E-state index contributed by atoms with van der Waals surface area (Å²) in [6.45, 7) is 4.64. The van der Waals surface area contributed by atoms with Gasteiger partial charge in [0.2, 0.25) is 11.8 Å². The highest BCUT2D eigenvalue weighted by molar-refractivity contribution is 7.98. The molecule has 1 atom stereocenters. The van der Waals surface area contributed by atoms with Crippen molar-refractivity contribution in [2.45, 2.75) is 17.9 Å². The van der Waals surface area contributed by atoms with E-state index in [1.807, 2.05) is 48.7 Å². The number of hydrogen-bond donors (Lipinski definition) is 1. The number of morpholine rings is 1. The maximum absolute atomic E-state index is 12.8. The van der Waals surface area contributed by atoms with Crippen LogP contribution >= 0.6 is 11.8 Å². The van der Waals surface area contributed by atoms with Crippen LogP contribution < -0.4 is 10.2 Å². The second-order valence-corrected chi connectivity index (χ2v) is 8.56. The Morgan fingerprint density at radius 1 is 1.17 bits per heavy atom. The predicted molar refractivity (Wildman–Crippen MR) is 120 cm³/mol. The first-order chi connectivity index (χ1) is 14.6. The Labute approximate surface area is 181 Å². The van der Waals surface area contributed by atoms with Crippen LogP contribution in [0.1, 0.15) is 12.0 Å². The van der Waals surface area contributed by atoms with Crippen molar-refractivity contribution in [3.8, 4) is 0 Å². The fourth-order valence-corrected chi connectivity index (χ4v) is 4.31. The molecule has 158 valence electrons. The molecule has 2 aliphatic rings. The molecule has 30 heavy (non-hydrogen) atoms. The third kappa shape index (κ3) is 5.03. The fraction of sp³-hybridized carbons (Fsp3) is 0.391. The van der Waals surface area contributed by atoms with Crippen LogP contribution in [0.2, 0.25) is 0 Å². The molecule has 2 fully saturated rings. The van der Waals surface area contributed by atoms with Gasteiger partial charge in [-0.3, -0.25) is 14.5 Å². The number of thioether (sulfide) groups is 1. The quantitative estimate of drug-likeness (QED) is 0.720. The van der Waals surface area contributed by atoms with Gasteiger partial charge in [-0.1, -0.05) is 12.1 Å². The smallest absolute Gasteiger partial charge is 0.229 e. The lowest BCUT2D eigenvalue weighted by Crippen LogP contribution is -2.35. The average molecular weight is 426 g/mol. The Bertz CT molecular complexity index is 897. The minimum Gasteiger partial charge on any atom is -0.379 e. The highest BCUT2D eigenvalue weighted by Gasteiger charge is 2.35. The Kier molecular flexibility index (Phi) is 6.72. The van der Waals surface area contributed by atoms with E-state index in [-0.39, 0.29) is 24.2 Å². The number of benzene rings is 2. The maximum Gasteiger partial charge on any atom is 0.229 e. The SMILES string of the molecule is CSc1ccc(N2CC(C(=O)Nc3cccc(CN4CCOCC4)c3)CC2=O)cc1. The van der Waals surface area contributed by atoms with Crippen molar-refractivity contribution in [2.24, 2.45) is 5.92 Å². The molecule has 2 aromatic carbocycles. The number of carbonyl (C=O) groups is 2. The number of amides is 2. The summed E-state index contributed by atoms with van der Waals surface area (Å²) in [5, 5.41) is 3.01. The summed E-state index contributed by atoms with van der Waals surface area (Å²) in [6.07, 6.45) is 2.26. The van der Waals surface area contributed by atoms with E-state index in [0.29, 0.717) is 6.54 Å². The number of carbonyl (C=O) groups excluding carboxylic acids is 2. The van der Waals surface area contributed by atoms with Gasteiger partial charge in [0.05, 0.1) is 19.1 Å². The fourth-order valence-electron chi connectivity index (χ4n) is 3.90. The van der Waals surface area contributed by atoms with Gasteiger partial charge in [-0.15, -0.1) is 11.8 Å². The van der Waals surface area contributed by atoms with Crippen LogP contribution in [0.25, 0.3) is 0 Å². The first-order valence-corrected chi connectivity index (χ1v) is 11.5. The first-order valence-electron chi connectivity index (χ1n) is 10.3. The lowest BCUT2D eigenvalue weighted by atomic mass is 10.1. The molecule has 7 heteroatoms. The highest BCUT2D eigenvalue weighted by atomic mass is 32.2. The Hall–Kier alpha value is -2.35. The van der Waals surface area contributed by atoms with Crippen LogP contribution in [-0.2, 0) is 20.9 Å². The number of hydrogen-bond acceptors (Lipinski definition) is 5. The van der Waals surface area contributed by atoms with Gasteiger partial charge < -0.3 is 15.0 Å². The van der Waals surface area contributed by atoms with Crippen molar-refractivity contribution in [3.63, 3.8) is 0 Å². The van der Waals surface area contributed by atoms with Crippen LogP contribution in [0.5, 0.6) is 0 Å². The van der Waals surface area contributed by atoms with Crippen molar-refractivity contribution >= 4 is 35.0 Å². The molecule has 2 amide bonds. The number of nitrogens with zero attached hydrogens (tertiary/aromatic N) is 2. The normalized spacial score (nSPS) is 19.8. The zero-order chi connectivity index (χ0) is 20.9. The lowest BCUT2D eigenvalue weighted by Gasteiger charge is -2.26. The van der Waals surface area contributed by atoms with E-state index in [2.05, 4.69) is 16.3 Å².